The highest BCUT2D eigenvalue weighted by Crippen LogP contribution is 2.25. The van der Waals surface area contributed by atoms with Crippen molar-refractivity contribution in [2.24, 2.45) is 5.92 Å². The normalized spacial score (nSPS) is 23.4. The molecule has 1 unspecified atom stereocenters. The first kappa shape index (κ1) is 11.0. The molecule has 0 spiro atoms. The van der Waals surface area contributed by atoms with Gasteiger partial charge in [-0.15, -0.1) is 0 Å². The second-order valence-electron chi connectivity index (χ2n) is 3.99. The van der Waals surface area contributed by atoms with E-state index in [0.29, 0.717) is 17.2 Å². The second kappa shape index (κ2) is 4.45. The van der Waals surface area contributed by atoms with E-state index in [1.807, 2.05) is 4.90 Å². The van der Waals surface area contributed by atoms with Crippen LogP contribution in [0.5, 0.6) is 0 Å². The van der Waals surface area contributed by atoms with Crippen molar-refractivity contribution in [3.05, 3.63) is 36.3 Å². The lowest BCUT2D eigenvalue weighted by molar-refractivity contribution is 0.395. The highest BCUT2D eigenvalue weighted by atomic mass is 19.1. The molecule has 1 saturated heterocycles. The van der Waals surface area contributed by atoms with Gasteiger partial charge in [-0.05, 0) is 24.8 Å². The Bertz CT molecular complexity index is 278. The van der Waals surface area contributed by atoms with E-state index in [1.165, 1.54) is 6.08 Å². The zero-order valence-electron chi connectivity index (χ0n) is 9.02. The summed E-state index contributed by atoms with van der Waals surface area (Å²) in [4.78, 5) is 2.01. The highest BCUT2D eigenvalue weighted by molar-refractivity contribution is 5.31. The summed E-state index contributed by atoms with van der Waals surface area (Å²) in [6.07, 6.45) is 2.65. The summed E-state index contributed by atoms with van der Waals surface area (Å²) >= 11 is 0. The van der Waals surface area contributed by atoms with Crippen molar-refractivity contribution in [3.8, 4) is 0 Å². The molecular formula is C12H18FN. The molecule has 0 bridgehead atoms. The molecule has 0 aromatic carbocycles. The van der Waals surface area contributed by atoms with Gasteiger partial charge in [-0.3, -0.25) is 0 Å². The molecule has 0 amide bonds. The lowest BCUT2D eigenvalue weighted by Gasteiger charge is -2.20. The van der Waals surface area contributed by atoms with E-state index in [9.17, 15) is 4.39 Å². The Morgan fingerprint density at radius 1 is 1.57 bits per heavy atom. The lowest BCUT2D eigenvalue weighted by Crippen LogP contribution is -2.19. The summed E-state index contributed by atoms with van der Waals surface area (Å²) in [5.74, 6) is 0.415. The maximum Gasteiger partial charge on any atom is 0.148 e. The van der Waals surface area contributed by atoms with Gasteiger partial charge in [0.15, 0.2) is 0 Å². The minimum atomic E-state index is -0.228. The van der Waals surface area contributed by atoms with E-state index in [1.54, 1.807) is 6.92 Å². The van der Waals surface area contributed by atoms with Crippen LogP contribution in [0.1, 0.15) is 20.3 Å². The van der Waals surface area contributed by atoms with Gasteiger partial charge < -0.3 is 4.90 Å². The number of likely N-dealkylation sites (tertiary alicyclic amines) is 1. The Morgan fingerprint density at radius 2 is 2.21 bits per heavy atom. The summed E-state index contributed by atoms with van der Waals surface area (Å²) in [6.45, 7) is 13.1. The zero-order chi connectivity index (χ0) is 10.7. The van der Waals surface area contributed by atoms with Crippen LogP contribution in [0, 0.1) is 5.92 Å². The molecule has 1 rings (SSSR count). The third-order valence-corrected chi connectivity index (χ3v) is 2.71. The molecule has 1 fully saturated rings. The molecular weight excluding hydrogens is 177 g/mol. The summed E-state index contributed by atoms with van der Waals surface area (Å²) in [7, 11) is 0. The second-order valence-corrected chi connectivity index (χ2v) is 3.99. The Labute approximate surface area is 85.6 Å². The largest absolute Gasteiger partial charge is 0.369 e. The fourth-order valence-corrected chi connectivity index (χ4v) is 1.64. The Kier molecular flexibility index (Phi) is 3.50. The van der Waals surface area contributed by atoms with Crippen molar-refractivity contribution < 1.29 is 4.39 Å². The zero-order valence-corrected chi connectivity index (χ0v) is 9.02. The Balaban J connectivity index is 2.71. The molecule has 1 nitrogen and oxygen atoms in total. The lowest BCUT2D eigenvalue weighted by atomic mass is 10.2. The van der Waals surface area contributed by atoms with Crippen LogP contribution >= 0.6 is 0 Å². The van der Waals surface area contributed by atoms with Gasteiger partial charge in [0.25, 0.3) is 0 Å². The number of nitrogens with zero attached hydrogens (tertiary/aromatic N) is 1. The molecule has 1 heterocycles. The minimum absolute atomic E-state index is 0.228. The third kappa shape index (κ3) is 2.25. The molecule has 78 valence electrons. The molecule has 1 aliphatic heterocycles. The maximum absolute atomic E-state index is 13.6. The predicted molar refractivity (Wildman–Crippen MR) is 58.5 cm³/mol. The molecule has 0 aliphatic carbocycles. The monoisotopic (exact) mass is 195 g/mol. The van der Waals surface area contributed by atoms with Crippen LogP contribution in [-0.4, -0.2) is 18.0 Å². The van der Waals surface area contributed by atoms with Crippen LogP contribution in [0.15, 0.2) is 36.3 Å². The number of allylic oxidation sites excluding steroid dienone is 3. The smallest absolute Gasteiger partial charge is 0.148 e. The Hall–Kier alpha value is -1.05. The van der Waals surface area contributed by atoms with Gasteiger partial charge in [0.1, 0.15) is 5.83 Å². The summed E-state index contributed by atoms with van der Waals surface area (Å²) < 4.78 is 13.6. The molecule has 0 aromatic rings. The molecule has 0 radical (unpaired) electrons. The summed E-state index contributed by atoms with van der Waals surface area (Å²) in [5, 5.41) is 0. The topological polar surface area (TPSA) is 3.24 Å². The van der Waals surface area contributed by atoms with Crippen LogP contribution in [0.2, 0.25) is 0 Å². The Morgan fingerprint density at radius 3 is 2.64 bits per heavy atom. The highest BCUT2D eigenvalue weighted by Gasteiger charge is 2.21. The first-order chi connectivity index (χ1) is 6.56. The van der Waals surface area contributed by atoms with E-state index in [-0.39, 0.29) is 5.83 Å². The fourth-order valence-electron chi connectivity index (χ4n) is 1.64. The van der Waals surface area contributed by atoms with Gasteiger partial charge in [-0.2, -0.15) is 0 Å². The third-order valence-electron chi connectivity index (χ3n) is 2.71. The average molecular weight is 195 g/mol. The van der Waals surface area contributed by atoms with Gasteiger partial charge >= 0.3 is 0 Å². The van der Waals surface area contributed by atoms with E-state index >= 15 is 0 Å². The van der Waals surface area contributed by atoms with Crippen LogP contribution < -0.4 is 0 Å². The molecule has 0 saturated carbocycles. The van der Waals surface area contributed by atoms with Crippen LogP contribution in [-0.2, 0) is 0 Å². The van der Waals surface area contributed by atoms with Crippen molar-refractivity contribution in [2.75, 3.05) is 13.1 Å². The van der Waals surface area contributed by atoms with Crippen molar-refractivity contribution in [2.45, 2.75) is 20.3 Å². The maximum atomic E-state index is 13.6. The predicted octanol–water partition coefficient (Wildman–Crippen LogP) is 3.27. The first-order valence-corrected chi connectivity index (χ1v) is 4.99. The van der Waals surface area contributed by atoms with E-state index < -0.39 is 0 Å². The van der Waals surface area contributed by atoms with Gasteiger partial charge in [0, 0.05) is 13.1 Å². The molecule has 1 atom stereocenters. The number of hydrogen-bond acceptors (Lipinski definition) is 1. The average Bonchev–Trinajstić information content (AvgIpc) is 2.61. The van der Waals surface area contributed by atoms with Crippen molar-refractivity contribution in [3.63, 3.8) is 0 Å². The quantitative estimate of drug-likeness (QED) is 0.625. The summed E-state index contributed by atoms with van der Waals surface area (Å²) in [6, 6.07) is 0. The van der Waals surface area contributed by atoms with Gasteiger partial charge in [0.2, 0.25) is 0 Å². The van der Waals surface area contributed by atoms with Crippen LogP contribution in [0.3, 0.4) is 0 Å². The fraction of sp³-hybridized carbons (Fsp3) is 0.500. The van der Waals surface area contributed by atoms with E-state index in [4.69, 9.17) is 0 Å². The first-order valence-electron chi connectivity index (χ1n) is 4.99. The molecule has 1 aliphatic rings. The van der Waals surface area contributed by atoms with Crippen molar-refractivity contribution in [1.82, 2.24) is 4.90 Å². The number of hydrogen-bond donors (Lipinski definition) is 0. The van der Waals surface area contributed by atoms with Gasteiger partial charge in [-0.1, -0.05) is 26.2 Å². The van der Waals surface area contributed by atoms with Crippen LogP contribution in [0.4, 0.5) is 4.39 Å². The van der Waals surface area contributed by atoms with Crippen molar-refractivity contribution in [1.29, 1.82) is 0 Å². The number of rotatable bonds is 3. The molecule has 0 N–H and O–H groups in total. The van der Waals surface area contributed by atoms with Crippen LogP contribution in [0.25, 0.3) is 0 Å². The van der Waals surface area contributed by atoms with Crippen molar-refractivity contribution >= 4 is 0 Å². The van der Waals surface area contributed by atoms with E-state index in [2.05, 4.69) is 20.1 Å². The van der Waals surface area contributed by atoms with Gasteiger partial charge in [-0.25, -0.2) is 4.39 Å². The number of halogens is 1. The SMILES string of the molecule is C=C/C(C)=C(/F)C(=C)N1CCC(C)C1. The standard InChI is InChI=1S/C12H18FN/c1-5-10(3)12(13)11(4)14-7-6-9(2)8-14/h5,9H,1,4,6-8H2,2-3H3/b12-10+. The molecule has 14 heavy (non-hydrogen) atoms. The van der Waals surface area contributed by atoms with Gasteiger partial charge in [0.05, 0.1) is 5.70 Å². The minimum Gasteiger partial charge on any atom is -0.369 e. The molecule has 0 aromatic heterocycles. The molecule has 2 heteroatoms. The summed E-state index contributed by atoms with van der Waals surface area (Å²) in [5.41, 5.74) is 1.07. The van der Waals surface area contributed by atoms with E-state index in [0.717, 1.165) is 19.5 Å².